The molecular formula is C16H23BrN2O2S. The molecule has 1 aliphatic carbocycles. The third-order valence-corrected chi connectivity index (χ3v) is 6.83. The van der Waals surface area contributed by atoms with Crippen LogP contribution in [0.25, 0.3) is 0 Å². The van der Waals surface area contributed by atoms with Crippen molar-refractivity contribution in [3.8, 4) is 5.75 Å². The number of aryl methyl sites for hydroxylation is 1. The van der Waals surface area contributed by atoms with E-state index in [4.69, 9.17) is 4.74 Å². The van der Waals surface area contributed by atoms with Crippen LogP contribution in [0.3, 0.4) is 0 Å². The Bertz CT molecular complexity index is 549. The molecule has 122 valence electrons. The number of thiophene rings is 1. The predicted octanol–water partition coefficient (Wildman–Crippen LogP) is 3.43. The van der Waals surface area contributed by atoms with Gasteiger partial charge in [-0.1, -0.05) is 0 Å². The lowest BCUT2D eigenvalue weighted by Crippen LogP contribution is -2.45. The van der Waals surface area contributed by atoms with Crippen molar-refractivity contribution in [3.63, 3.8) is 0 Å². The van der Waals surface area contributed by atoms with Crippen LogP contribution in [0.5, 0.6) is 5.75 Å². The van der Waals surface area contributed by atoms with Crippen LogP contribution in [0.1, 0.15) is 40.2 Å². The van der Waals surface area contributed by atoms with Gasteiger partial charge in [-0.3, -0.25) is 4.79 Å². The van der Waals surface area contributed by atoms with Crippen molar-refractivity contribution < 1.29 is 9.53 Å². The fraction of sp³-hybridized carbons (Fsp3) is 0.688. The summed E-state index contributed by atoms with van der Waals surface area (Å²) in [6, 6.07) is 0.573. The molecular weight excluding hydrogens is 364 g/mol. The van der Waals surface area contributed by atoms with Gasteiger partial charge in [-0.05, 0) is 61.0 Å². The second kappa shape index (κ2) is 6.89. The van der Waals surface area contributed by atoms with Crippen molar-refractivity contribution in [1.29, 1.82) is 0 Å². The number of methoxy groups -OCH3 is 1. The highest BCUT2D eigenvalue weighted by Gasteiger charge is 2.29. The zero-order valence-electron chi connectivity index (χ0n) is 13.2. The van der Waals surface area contributed by atoms with Crippen LogP contribution in [0.2, 0.25) is 0 Å². The van der Waals surface area contributed by atoms with Crippen molar-refractivity contribution in [3.05, 3.63) is 14.2 Å². The van der Waals surface area contributed by atoms with Gasteiger partial charge in [-0.25, -0.2) is 0 Å². The first-order valence-corrected chi connectivity index (χ1v) is 9.56. The van der Waals surface area contributed by atoms with Crippen molar-refractivity contribution in [2.24, 2.45) is 5.92 Å². The van der Waals surface area contributed by atoms with Crippen molar-refractivity contribution in [1.82, 2.24) is 10.2 Å². The third-order valence-electron chi connectivity index (χ3n) is 4.54. The lowest BCUT2D eigenvalue weighted by Gasteiger charge is -2.32. The zero-order valence-corrected chi connectivity index (χ0v) is 15.6. The lowest BCUT2D eigenvalue weighted by molar-refractivity contribution is 0.0707. The summed E-state index contributed by atoms with van der Waals surface area (Å²) in [5.41, 5.74) is 0. The van der Waals surface area contributed by atoms with E-state index >= 15 is 0 Å². The second-order valence-electron chi connectivity index (χ2n) is 6.25. The fourth-order valence-electron chi connectivity index (χ4n) is 2.91. The molecule has 1 saturated heterocycles. The summed E-state index contributed by atoms with van der Waals surface area (Å²) in [6.45, 7) is 4.82. The number of piperidine rings is 1. The molecule has 1 saturated carbocycles. The maximum absolute atomic E-state index is 12.7. The predicted molar refractivity (Wildman–Crippen MR) is 93.0 cm³/mol. The molecule has 4 nitrogen and oxygen atoms in total. The SMILES string of the molecule is COc1c(C(=O)N2CCC(NCC3CC3)CC2)sc(C)c1Br. The van der Waals surface area contributed by atoms with Gasteiger partial charge >= 0.3 is 0 Å². The molecule has 1 aromatic rings. The molecule has 2 fully saturated rings. The van der Waals surface area contributed by atoms with Crippen LogP contribution in [0.4, 0.5) is 0 Å². The molecule has 22 heavy (non-hydrogen) atoms. The molecule has 3 rings (SSSR count). The molecule has 2 heterocycles. The Morgan fingerprint density at radius 3 is 2.64 bits per heavy atom. The van der Waals surface area contributed by atoms with Gasteiger partial charge in [0.15, 0.2) is 5.75 Å². The Kier molecular flexibility index (Phi) is 5.10. The van der Waals surface area contributed by atoms with E-state index in [1.54, 1.807) is 7.11 Å². The number of nitrogens with zero attached hydrogens (tertiary/aromatic N) is 1. The number of hydrogen-bond acceptors (Lipinski definition) is 4. The van der Waals surface area contributed by atoms with Crippen LogP contribution < -0.4 is 10.1 Å². The van der Waals surface area contributed by atoms with Crippen LogP contribution in [0, 0.1) is 12.8 Å². The highest BCUT2D eigenvalue weighted by molar-refractivity contribution is 9.10. The number of amides is 1. The largest absolute Gasteiger partial charge is 0.494 e. The average molecular weight is 387 g/mol. The van der Waals surface area contributed by atoms with Crippen LogP contribution in [-0.4, -0.2) is 43.6 Å². The Balaban J connectivity index is 1.58. The smallest absolute Gasteiger partial charge is 0.267 e. The summed E-state index contributed by atoms with van der Waals surface area (Å²) in [4.78, 5) is 16.5. The summed E-state index contributed by atoms with van der Waals surface area (Å²) >= 11 is 5.02. The van der Waals surface area contributed by atoms with Crippen LogP contribution >= 0.6 is 27.3 Å². The van der Waals surface area contributed by atoms with E-state index < -0.39 is 0 Å². The summed E-state index contributed by atoms with van der Waals surface area (Å²) in [7, 11) is 1.62. The molecule has 1 N–H and O–H groups in total. The molecule has 1 aromatic heterocycles. The lowest BCUT2D eigenvalue weighted by atomic mass is 10.0. The summed E-state index contributed by atoms with van der Waals surface area (Å²) in [6.07, 6.45) is 4.87. The van der Waals surface area contributed by atoms with Gasteiger partial charge in [-0.15, -0.1) is 11.3 Å². The summed E-state index contributed by atoms with van der Waals surface area (Å²) in [5.74, 6) is 1.70. The third kappa shape index (κ3) is 3.49. The van der Waals surface area contributed by atoms with Crippen molar-refractivity contribution in [2.75, 3.05) is 26.7 Å². The Morgan fingerprint density at radius 1 is 1.36 bits per heavy atom. The molecule has 1 amide bonds. The van der Waals surface area contributed by atoms with E-state index in [0.717, 1.165) is 52.6 Å². The first-order valence-electron chi connectivity index (χ1n) is 7.95. The van der Waals surface area contributed by atoms with E-state index in [-0.39, 0.29) is 5.91 Å². The minimum atomic E-state index is 0.108. The number of ether oxygens (including phenoxy) is 1. The number of nitrogens with one attached hydrogen (secondary N) is 1. The van der Waals surface area contributed by atoms with E-state index in [2.05, 4.69) is 21.2 Å². The highest BCUT2D eigenvalue weighted by atomic mass is 79.9. The topological polar surface area (TPSA) is 41.6 Å². The van der Waals surface area contributed by atoms with Gasteiger partial charge in [0.2, 0.25) is 0 Å². The fourth-order valence-corrected chi connectivity index (χ4v) is 4.63. The van der Waals surface area contributed by atoms with Gasteiger partial charge in [0, 0.05) is 24.0 Å². The number of carbonyl (C=O) groups is 1. The Hall–Kier alpha value is -0.590. The monoisotopic (exact) mass is 386 g/mol. The molecule has 1 aliphatic heterocycles. The number of rotatable bonds is 5. The number of likely N-dealkylation sites (tertiary alicyclic amines) is 1. The Morgan fingerprint density at radius 2 is 2.05 bits per heavy atom. The van der Waals surface area contributed by atoms with E-state index in [1.165, 1.54) is 24.2 Å². The van der Waals surface area contributed by atoms with Crippen LogP contribution in [0.15, 0.2) is 4.47 Å². The standard InChI is InChI=1S/C16H23BrN2O2S/c1-10-13(17)14(21-2)15(22-10)16(20)19-7-5-12(6-8-19)18-9-11-3-4-11/h11-12,18H,3-9H2,1-2H3. The number of hydrogen-bond donors (Lipinski definition) is 1. The maximum atomic E-state index is 12.7. The van der Waals surface area contributed by atoms with Gasteiger partial charge in [0.25, 0.3) is 5.91 Å². The molecule has 2 aliphatic rings. The molecule has 0 aromatic carbocycles. The molecule has 0 unspecified atom stereocenters. The van der Waals surface area contributed by atoms with Crippen molar-refractivity contribution >= 4 is 33.2 Å². The molecule has 0 spiro atoms. The second-order valence-corrected chi connectivity index (χ2v) is 8.27. The van der Waals surface area contributed by atoms with E-state index in [0.29, 0.717) is 11.8 Å². The molecule has 0 radical (unpaired) electrons. The van der Waals surface area contributed by atoms with E-state index in [9.17, 15) is 4.79 Å². The van der Waals surface area contributed by atoms with Gasteiger partial charge in [0.05, 0.1) is 11.6 Å². The zero-order chi connectivity index (χ0) is 15.7. The van der Waals surface area contributed by atoms with Gasteiger partial charge in [-0.2, -0.15) is 0 Å². The molecule has 6 heteroatoms. The summed E-state index contributed by atoms with van der Waals surface area (Å²) in [5, 5.41) is 3.65. The van der Waals surface area contributed by atoms with E-state index in [1.807, 2.05) is 11.8 Å². The highest BCUT2D eigenvalue weighted by Crippen LogP contribution is 2.40. The average Bonchev–Trinajstić information content (AvgIpc) is 3.32. The number of carbonyl (C=O) groups excluding carboxylic acids is 1. The molecule has 0 bridgehead atoms. The Labute approximate surface area is 144 Å². The molecule has 0 atom stereocenters. The van der Waals surface area contributed by atoms with Crippen LogP contribution in [-0.2, 0) is 0 Å². The van der Waals surface area contributed by atoms with Gasteiger partial charge in [0.1, 0.15) is 4.88 Å². The normalized spacial score (nSPS) is 19.5. The quantitative estimate of drug-likeness (QED) is 0.842. The number of halogens is 1. The summed E-state index contributed by atoms with van der Waals surface area (Å²) < 4.78 is 6.31. The minimum Gasteiger partial charge on any atom is -0.494 e. The minimum absolute atomic E-state index is 0.108. The first kappa shape index (κ1) is 16.3. The van der Waals surface area contributed by atoms with Crippen molar-refractivity contribution in [2.45, 2.75) is 38.6 Å². The maximum Gasteiger partial charge on any atom is 0.267 e. The van der Waals surface area contributed by atoms with Gasteiger partial charge < -0.3 is 15.0 Å². The first-order chi connectivity index (χ1) is 10.6.